The molecule has 5 rings (SSSR count). The van der Waals surface area contributed by atoms with Gasteiger partial charge in [-0.15, -0.1) is 0 Å². The molecule has 0 fully saturated rings. The average molecular weight is 403 g/mol. The van der Waals surface area contributed by atoms with Crippen molar-refractivity contribution in [3.63, 3.8) is 0 Å². The first-order chi connectivity index (χ1) is 15.3. The lowest BCUT2D eigenvalue weighted by atomic mass is 9.60. The first-order valence-electron chi connectivity index (χ1n) is 12.2. The molecular weight excluding hydrogens is 368 g/mol. The van der Waals surface area contributed by atoms with Crippen LogP contribution in [0.5, 0.6) is 0 Å². The predicted molar refractivity (Wildman–Crippen MR) is 123 cm³/mol. The Labute approximate surface area is 182 Å². The summed E-state index contributed by atoms with van der Waals surface area (Å²) in [5, 5.41) is 6.72. The second-order valence-corrected chi connectivity index (χ2v) is 10.0. The third-order valence-corrected chi connectivity index (χ3v) is 7.06. The van der Waals surface area contributed by atoms with Crippen LogP contribution in [-0.4, -0.2) is 5.10 Å². The summed E-state index contributed by atoms with van der Waals surface area (Å²) in [5.41, 5.74) is 7.66. The van der Waals surface area contributed by atoms with Gasteiger partial charge in [-0.2, -0.15) is 0 Å². The number of benzene rings is 2. The SMILES string of the molecule is [2H]C([2H])([2H])c1ccc(-c2c(C)c3c(c4c2oc2ccccc24)C(C)(C)CCC3(C)C)[n+](C)n1. The predicted octanol–water partition coefficient (Wildman–Crippen LogP) is 6.44. The van der Waals surface area contributed by atoms with Gasteiger partial charge in [0, 0.05) is 21.0 Å². The zero-order chi connectivity index (χ0) is 23.9. The summed E-state index contributed by atoms with van der Waals surface area (Å²) < 4.78 is 31.5. The van der Waals surface area contributed by atoms with Crippen LogP contribution in [0.15, 0.2) is 40.8 Å². The van der Waals surface area contributed by atoms with Crippen LogP contribution in [0.25, 0.3) is 33.2 Å². The van der Waals surface area contributed by atoms with E-state index in [1.54, 1.807) is 10.7 Å². The van der Waals surface area contributed by atoms with Gasteiger partial charge in [-0.05, 0) is 71.4 Å². The Kier molecular flexibility index (Phi) is 3.30. The molecule has 1 aliphatic rings. The van der Waals surface area contributed by atoms with Crippen LogP contribution >= 0.6 is 0 Å². The monoisotopic (exact) mass is 402 g/mol. The maximum absolute atomic E-state index is 7.75. The van der Waals surface area contributed by atoms with Gasteiger partial charge in [-0.25, -0.2) is 0 Å². The Morgan fingerprint density at radius 3 is 2.40 bits per heavy atom. The van der Waals surface area contributed by atoms with E-state index in [9.17, 15) is 0 Å². The maximum Gasteiger partial charge on any atom is 0.243 e. The van der Waals surface area contributed by atoms with Crippen molar-refractivity contribution in [3.8, 4) is 11.3 Å². The summed E-state index contributed by atoms with van der Waals surface area (Å²) in [6, 6.07) is 11.7. The average Bonchev–Trinajstić information content (AvgIpc) is 3.09. The Balaban J connectivity index is 1.98. The summed E-state index contributed by atoms with van der Waals surface area (Å²) in [6.07, 6.45) is 2.22. The lowest BCUT2D eigenvalue weighted by molar-refractivity contribution is -0.720. The molecule has 0 spiro atoms. The Morgan fingerprint density at radius 2 is 1.70 bits per heavy atom. The summed E-state index contributed by atoms with van der Waals surface area (Å²) in [6.45, 7) is 9.29. The fourth-order valence-corrected chi connectivity index (χ4v) is 5.54. The Hall–Kier alpha value is -2.68. The van der Waals surface area contributed by atoms with Crippen LogP contribution in [0.4, 0.5) is 0 Å². The van der Waals surface area contributed by atoms with Crippen LogP contribution in [0, 0.1) is 13.8 Å². The summed E-state index contributed by atoms with van der Waals surface area (Å²) in [7, 11) is 1.81. The van der Waals surface area contributed by atoms with Crippen LogP contribution < -0.4 is 4.68 Å². The molecule has 0 atom stereocenters. The summed E-state index contributed by atoms with van der Waals surface area (Å²) in [4.78, 5) is 0. The normalized spacial score (nSPS) is 19.3. The molecule has 0 radical (unpaired) electrons. The topological polar surface area (TPSA) is 29.9 Å². The molecule has 1 aliphatic carbocycles. The number of para-hydroxylation sites is 1. The molecule has 0 bridgehead atoms. The molecule has 3 nitrogen and oxygen atoms in total. The van der Waals surface area contributed by atoms with Gasteiger partial charge >= 0.3 is 0 Å². The van der Waals surface area contributed by atoms with Crippen LogP contribution in [0.2, 0.25) is 0 Å². The lowest BCUT2D eigenvalue weighted by Gasteiger charge is -2.43. The van der Waals surface area contributed by atoms with E-state index in [4.69, 9.17) is 8.53 Å². The van der Waals surface area contributed by atoms with Gasteiger partial charge in [0.15, 0.2) is 7.05 Å². The molecule has 0 saturated heterocycles. The molecule has 3 heteroatoms. The van der Waals surface area contributed by atoms with E-state index >= 15 is 0 Å². The first kappa shape index (κ1) is 16.1. The number of furan rings is 1. The van der Waals surface area contributed by atoms with Crippen molar-refractivity contribution >= 4 is 21.9 Å². The van der Waals surface area contributed by atoms with Gasteiger partial charge in [-0.1, -0.05) is 50.6 Å². The molecule has 0 aliphatic heterocycles. The quantitative estimate of drug-likeness (QED) is 0.343. The van der Waals surface area contributed by atoms with E-state index in [-0.39, 0.29) is 16.5 Å². The lowest BCUT2D eigenvalue weighted by Crippen LogP contribution is -2.38. The Bertz CT molecular complexity index is 1430. The van der Waals surface area contributed by atoms with Crippen molar-refractivity contribution in [1.29, 1.82) is 0 Å². The third-order valence-electron chi connectivity index (χ3n) is 7.06. The highest BCUT2D eigenvalue weighted by molar-refractivity contribution is 6.12. The molecular formula is C27H31N2O+. The molecule has 30 heavy (non-hydrogen) atoms. The second-order valence-electron chi connectivity index (χ2n) is 10.0. The minimum absolute atomic E-state index is 0.0148. The van der Waals surface area contributed by atoms with Gasteiger partial charge in [0.25, 0.3) is 0 Å². The number of aryl methyl sites for hydroxylation is 2. The number of rotatable bonds is 1. The van der Waals surface area contributed by atoms with Crippen LogP contribution in [0.1, 0.15) is 67.0 Å². The molecule has 0 saturated carbocycles. The largest absolute Gasteiger partial charge is 0.455 e. The molecule has 2 aromatic heterocycles. The van der Waals surface area contributed by atoms with Crippen LogP contribution in [0.3, 0.4) is 0 Å². The van der Waals surface area contributed by atoms with Crippen molar-refractivity contribution in [1.82, 2.24) is 5.10 Å². The van der Waals surface area contributed by atoms with Gasteiger partial charge in [0.2, 0.25) is 5.69 Å². The van der Waals surface area contributed by atoms with Gasteiger partial charge in [0.05, 0.1) is 5.56 Å². The Morgan fingerprint density at radius 1 is 1.00 bits per heavy atom. The summed E-state index contributed by atoms with van der Waals surface area (Å²) in [5.74, 6) is 0. The van der Waals surface area contributed by atoms with Crippen molar-refractivity contribution in [2.24, 2.45) is 7.05 Å². The summed E-state index contributed by atoms with van der Waals surface area (Å²) >= 11 is 0. The van der Waals surface area contributed by atoms with Crippen LogP contribution in [-0.2, 0) is 17.9 Å². The number of fused-ring (bicyclic) bond motifs is 5. The zero-order valence-electron chi connectivity index (χ0n) is 21.7. The molecule has 154 valence electrons. The number of aromatic nitrogens is 2. The highest BCUT2D eigenvalue weighted by Gasteiger charge is 2.42. The standard InChI is InChI=1S/C27H31N2O/c1-16-12-13-19(29(7)28-16)21-17(2)23-24(27(5,6)15-14-26(23,3)4)22-18-10-8-9-11-20(18)30-25(21)22/h8-13H,14-15H2,1-7H3/q+1/i1D3. The minimum Gasteiger partial charge on any atom is -0.455 e. The fraction of sp³-hybridized carbons (Fsp3) is 0.407. The van der Waals surface area contributed by atoms with Crippen molar-refractivity contribution in [2.45, 2.75) is 65.1 Å². The molecule has 2 heterocycles. The molecule has 0 amide bonds. The molecule has 0 unspecified atom stereocenters. The molecule has 4 aromatic rings. The van der Waals surface area contributed by atoms with E-state index in [2.05, 4.69) is 51.9 Å². The smallest absolute Gasteiger partial charge is 0.243 e. The number of hydrogen-bond donors (Lipinski definition) is 0. The molecule has 0 N–H and O–H groups in total. The van der Waals surface area contributed by atoms with E-state index in [1.807, 2.05) is 25.2 Å². The van der Waals surface area contributed by atoms with E-state index in [0.717, 1.165) is 40.7 Å². The number of nitrogens with zero attached hydrogens (tertiary/aromatic N) is 2. The fourth-order valence-electron chi connectivity index (χ4n) is 5.54. The van der Waals surface area contributed by atoms with Gasteiger partial charge in [0.1, 0.15) is 16.9 Å². The van der Waals surface area contributed by atoms with Crippen molar-refractivity contribution in [2.75, 3.05) is 0 Å². The van der Waals surface area contributed by atoms with E-state index < -0.39 is 6.85 Å². The molecule has 2 aromatic carbocycles. The highest BCUT2D eigenvalue weighted by Crippen LogP contribution is 2.54. The first-order valence-corrected chi connectivity index (χ1v) is 10.7. The van der Waals surface area contributed by atoms with Crippen molar-refractivity contribution < 1.29 is 13.2 Å². The van der Waals surface area contributed by atoms with E-state index in [1.165, 1.54) is 22.1 Å². The van der Waals surface area contributed by atoms with E-state index in [0.29, 0.717) is 0 Å². The van der Waals surface area contributed by atoms with Crippen molar-refractivity contribution in [3.05, 3.63) is 58.8 Å². The maximum atomic E-state index is 7.75. The second kappa shape index (κ2) is 6.16. The zero-order valence-corrected chi connectivity index (χ0v) is 18.7. The minimum atomic E-state index is -2.25. The third kappa shape index (κ3) is 2.57. The number of hydrogen-bond acceptors (Lipinski definition) is 2. The van der Waals surface area contributed by atoms with Gasteiger partial charge < -0.3 is 4.42 Å². The highest BCUT2D eigenvalue weighted by atomic mass is 16.3. The van der Waals surface area contributed by atoms with Gasteiger partial charge in [-0.3, -0.25) is 0 Å².